The van der Waals surface area contributed by atoms with Gasteiger partial charge in [-0.05, 0) is 38.4 Å². The standard InChI is InChI=1S/C18H26F3N5O/c1-22-12-2-3-13(10-12)25-6-8-26(9-7-25)15-5-4-14(24-17(15)21)18(27)23-11-16(19)20/h4-5,12-13,16,22H,2-3,6-11H2,1H3,(H,23,27). The number of rotatable bonds is 6. The molecule has 2 fully saturated rings. The number of aromatic nitrogens is 1. The van der Waals surface area contributed by atoms with Gasteiger partial charge in [0.05, 0.1) is 12.2 Å². The average Bonchev–Trinajstić information content (AvgIpc) is 3.15. The summed E-state index contributed by atoms with van der Waals surface area (Å²) in [5.74, 6) is -1.55. The highest BCUT2D eigenvalue weighted by atomic mass is 19.3. The average molecular weight is 385 g/mol. The Hall–Kier alpha value is -1.87. The van der Waals surface area contributed by atoms with Crippen molar-refractivity contribution in [3.05, 3.63) is 23.8 Å². The Kier molecular flexibility index (Phi) is 6.54. The van der Waals surface area contributed by atoms with E-state index >= 15 is 0 Å². The molecule has 1 aromatic heterocycles. The van der Waals surface area contributed by atoms with Crippen LogP contribution in [0.5, 0.6) is 0 Å². The van der Waals surface area contributed by atoms with Crippen molar-refractivity contribution in [2.24, 2.45) is 0 Å². The Bertz CT molecular complexity index is 652. The zero-order chi connectivity index (χ0) is 19.4. The molecule has 0 aromatic carbocycles. The fourth-order valence-electron chi connectivity index (χ4n) is 3.93. The first-order valence-electron chi connectivity index (χ1n) is 9.37. The summed E-state index contributed by atoms with van der Waals surface area (Å²) in [6, 6.07) is 4.04. The quantitative estimate of drug-likeness (QED) is 0.727. The van der Waals surface area contributed by atoms with Gasteiger partial charge in [-0.25, -0.2) is 13.8 Å². The van der Waals surface area contributed by atoms with Gasteiger partial charge in [-0.15, -0.1) is 0 Å². The van der Waals surface area contributed by atoms with E-state index in [1.165, 1.54) is 25.0 Å². The van der Waals surface area contributed by atoms with Crippen molar-refractivity contribution >= 4 is 11.6 Å². The smallest absolute Gasteiger partial charge is 0.270 e. The van der Waals surface area contributed by atoms with E-state index in [-0.39, 0.29) is 5.69 Å². The number of piperazine rings is 1. The van der Waals surface area contributed by atoms with Gasteiger partial charge in [-0.3, -0.25) is 9.69 Å². The highest BCUT2D eigenvalue weighted by Crippen LogP contribution is 2.26. The lowest BCUT2D eigenvalue weighted by Gasteiger charge is -2.39. The van der Waals surface area contributed by atoms with Gasteiger partial charge in [0.15, 0.2) is 0 Å². The van der Waals surface area contributed by atoms with Gasteiger partial charge >= 0.3 is 0 Å². The monoisotopic (exact) mass is 385 g/mol. The van der Waals surface area contributed by atoms with Gasteiger partial charge in [-0.1, -0.05) is 0 Å². The summed E-state index contributed by atoms with van der Waals surface area (Å²) in [7, 11) is 2.00. The molecule has 1 aromatic rings. The molecule has 0 bridgehead atoms. The lowest BCUT2D eigenvalue weighted by Crippen LogP contribution is -2.50. The van der Waals surface area contributed by atoms with E-state index in [1.807, 2.05) is 17.3 Å². The molecule has 0 radical (unpaired) electrons. The third-order valence-electron chi connectivity index (χ3n) is 5.46. The third kappa shape index (κ3) is 4.90. The van der Waals surface area contributed by atoms with Crippen LogP contribution in [-0.4, -0.2) is 74.1 Å². The fourth-order valence-corrected chi connectivity index (χ4v) is 3.93. The first-order chi connectivity index (χ1) is 13.0. The van der Waals surface area contributed by atoms with Crippen molar-refractivity contribution in [3.8, 4) is 0 Å². The molecule has 2 atom stereocenters. The van der Waals surface area contributed by atoms with Gasteiger partial charge < -0.3 is 15.5 Å². The summed E-state index contributed by atoms with van der Waals surface area (Å²) in [5.41, 5.74) is 0.152. The molecule has 1 aliphatic heterocycles. The first kappa shape index (κ1) is 19.9. The molecule has 0 spiro atoms. The molecule has 6 nitrogen and oxygen atoms in total. The second-order valence-electron chi connectivity index (χ2n) is 7.08. The van der Waals surface area contributed by atoms with Crippen LogP contribution in [0.3, 0.4) is 0 Å². The lowest BCUT2D eigenvalue weighted by molar-refractivity contribution is 0.0886. The number of carbonyl (C=O) groups is 1. The fraction of sp³-hybridized carbons (Fsp3) is 0.667. The zero-order valence-corrected chi connectivity index (χ0v) is 15.4. The number of pyridine rings is 1. The largest absolute Gasteiger partial charge is 0.365 e. The molecule has 1 saturated heterocycles. The predicted molar refractivity (Wildman–Crippen MR) is 96.8 cm³/mol. The van der Waals surface area contributed by atoms with Gasteiger partial charge in [0, 0.05) is 38.3 Å². The van der Waals surface area contributed by atoms with Gasteiger partial charge in [-0.2, -0.15) is 4.39 Å². The maximum Gasteiger partial charge on any atom is 0.270 e. The van der Waals surface area contributed by atoms with E-state index in [9.17, 15) is 18.0 Å². The van der Waals surface area contributed by atoms with Crippen LogP contribution in [0.15, 0.2) is 12.1 Å². The predicted octanol–water partition coefficient (Wildman–Crippen LogP) is 1.48. The van der Waals surface area contributed by atoms with Gasteiger partial charge in [0.1, 0.15) is 5.69 Å². The zero-order valence-electron chi connectivity index (χ0n) is 15.4. The second kappa shape index (κ2) is 8.88. The minimum absolute atomic E-state index is 0.195. The van der Waals surface area contributed by atoms with E-state index in [0.29, 0.717) is 30.9 Å². The van der Waals surface area contributed by atoms with Crippen LogP contribution in [0.25, 0.3) is 0 Å². The van der Waals surface area contributed by atoms with Crippen molar-refractivity contribution in [2.75, 3.05) is 44.7 Å². The number of anilines is 1. The highest BCUT2D eigenvalue weighted by molar-refractivity contribution is 5.92. The Morgan fingerprint density at radius 1 is 1.26 bits per heavy atom. The molecule has 2 heterocycles. The molecule has 3 rings (SSSR count). The number of amides is 1. The highest BCUT2D eigenvalue weighted by Gasteiger charge is 2.31. The van der Waals surface area contributed by atoms with Crippen LogP contribution in [0, 0.1) is 5.95 Å². The molecule has 9 heteroatoms. The summed E-state index contributed by atoms with van der Waals surface area (Å²) >= 11 is 0. The molecule has 2 unspecified atom stereocenters. The van der Waals surface area contributed by atoms with Crippen molar-refractivity contribution in [1.82, 2.24) is 20.5 Å². The normalized spacial score (nSPS) is 23.8. The van der Waals surface area contributed by atoms with E-state index in [2.05, 4.69) is 15.2 Å². The van der Waals surface area contributed by atoms with E-state index < -0.39 is 24.8 Å². The first-order valence-corrected chi connectivity index (χ1v) is 9.37. The number of alkyl halides is 2. The topological polar surface area (TPSA) is 60.5 Å². The Morgan fingerprint density at radius 2 is 2.00 bits per heavy atom. The Balaban J connectivity index is 1.56. The number of nitrogens with zero attached hydrogens (tertiary/aromatic N) is 3. The van der Waals surface area contributed by atoms with Crippen LogP contribution in [0.4, 0.5) is 18.9 Å². The van der Waals surface area contributed by atoms with Crippen LogP contribution in [0.1, 0.15) is 29.8 Å². The SMILES string of the molecule is CNC1CCC(N2CCN(c3ccc(C(=O)NCC(F)F)nc3F)CC2)C1. The minimum atomic E-state index is -2.65. The number of nitrogens with one attached hydrogen (secondary N) is 2. The van der Waals surface area contributed by atoms with Crippen LogP contribution >= 0.6 is 0 Å². The van der Waals surface area contributed by atoms with Gasteiger partial charge in [0.25, 0.3) is 12.3 Å². The summed E-state index contributed by atoms with van der Waals surface area (Å²) in [6.07, 6.45) is 0.867. The molecule has 2 N–H and O–H groups in total. The van der Waals surface area contributed by atoms with Crippen molar-refractivity contribution in [1.29, 1.82) is 0 Å². The number of halogens is 3. The molecule has 2 aliphatic rings. The maximum absolute atomic E-state index is 14.4. The molecule has 150 valence electrons. The van der Waals surface area contributed by atoms with E-state index in [0.717, 1.165) is 19.5 Å². The number of hydrogen-bond acceptors (Lipinski definition) is 5. The summed E-state index contributed by atoms with van der Waals surface area (Å²) < 4.78 is 38.7. The lowest BCUT2D eigenvalue weighted by atomic mass is 10.1. The minimum Gasteiger partial charge on any atom is -0.365 e. The molecule has 1 saturated carbocycles. The molecular weight excluding hydrogens is 359 g/mol. The second-order valence-corrected chi connectivity index (χ2v) is 7.08. The van der Waals surface area contributed by atoms with E-state index in [1.54, 1.807) is 0 Å². The van der Waals surface area contributed by atoms with Crippen LogP contribution in [-0.2, 0) is 0 Å². The molecule has 27 heavy (non-hydrogen) atoms. The van der Waals surface area contributed by atoms with Gasteiger partial charge in [0.2, 0.25) is 5.95 Å². The summed E-state index contributed by atoms with van der Waals surface area (Å²) in [4.78, 5) is 19.8. The third-order valence-corrected chi connectivity index (χ3v) is 5.46. The summed E-state index contributed by atoms with van der Waals surface area (Å²) in [6.45, 7) is 2.32. The Morgan fingerprint density at radius 3 is 2.59 bits per heavy atom. The van der Waals surface area contributed by atoms with Crippen molar-refractivity contribution in [3.63, 3.8) is 0 Å². The molecular formula is C18H26F3N5O. The van der Waals surface area contributed by atoms with Crippen molar-refractivity contribution in [2.45, 2.75) is 37.8 Å². The summed E-state index contributed by atoms with van der Waals surface area (Å²) in [5, 5.41) is 5.36. The van der Waals surface area contributed by atoms with Crippen LogP contribution < -0.4 is 15.5 Å². The molecule has 1 amide bonds. The molecule has 1 aliphatic carbocycles. The Labute approximate surface area is 157 Å². The van der Waals surface area contributed by atoms with E-state index in [4.69, 9.17) is 0 Å². The maximum atomic E-state index is 14.4. The number of hydrogen-bond donors (Lipinski definition) is 2. The van der Waals surface area contributed by atoms with Crippen LogP contribution in [0.2, 0.25) is 0 Å². The van der Waals surface area contributed by atoms with Crippen molar-refractivity contribution < 1.29 is 18.0 Å². The number of carbonyl (C=O) groups excluding carboxylic acids is 1.